The lowest BCUT2D eigenvalue weighted by Crippen LogP contribution is -1.94. The van der Waals surface area contributed by atoms with E-state index in [2.05, 4.69) is 20.5 Å². The van der Waals surface area contributed by atoms with Crippen LogP contribution < -0.4 is 0 Å². The molecule has 0 spiro atoms. The topological polar surface area (TPSA) is 69.1 Å². The minimum atomic E-state index is 0.588. The van der Waals surface area contributed by atoms with Crippen LogP contribution in [0.5, 0.6) is 0 Å². The Kier molecular flexibility index (Phi) is 0.840. The summed E-state index contributed by atoms with van der Waals surface area (Å²) in [7, 11) is 0. The van der Waals surface area contributed by atoms with Gasteiger partial charge in [-0.2, -0.15) is 9.61 Å². The third-order valence-corrected chi connectivity index (χ3v) is 1.62. The second-order valence-corrected chi connectivity index (χ2v) is 2.32. The van der Waals surface area contributed by atoms with Gasteiger partial charge in [0.2, 0.25) is 5.65 Å². The monoisotopic (exact) mass is 161 g/mol. The summed E-state index contributed by atoms with van der Waals surface area (Å²) < 4.78 is 6.30. The highest BCUT2D eigenvalue weighted by Crippen LogP contribution is 2.08. The van der Waals surface area contributed by atoms with Crippen LogP contribution in [0.25, 0.3) is 16.8 Å². The van der Waals surface area contributed by atoms with Crippen molar-refractivity contribution in [2.45, 2.75) is 0 Å². The van der Waals surface area contributed by atoms with Gasteiger partial charge in [0.05, 0.1) is 6.20 Å². The molecule has 0 bridgehead atoms. The molecule has 3 heterocycles. The van der Waals surface area contributed by atoms with E-state index in [0.717, 1.165) is 0 Å². The van der Waals surface area contributed by atoms with Crippen molar-refractivity contribution in [3.63, 3.8) is 0 Å². The predicted molar refractivity (Wildman–Crippen MR) is 38.3 cm³/mol. The maximum absolute atomic E-state index is 4.73. The third-order valence-electron chi connectivity index (χ3n) is 1.62. The van der Waals surface area contributed by atoms with E-state index in [1.54, 1.807) is 16.8 Å². The molecule has 0 saturated heterocycles. The van der Waals surface area contributed by atoms with E-state index in [-0.39, 0.29) is 0 Å². The third kappa shape index (κ3) is 0.541. The molecule has 12 heavy (non-hydrogen) atoms. The van der Waals surface area contributed by atoms with E-state index in [4.69, 9.17) is 4.52 Å². The van der Waals surface area contributed by atoms with E-state index < -0.39 is 0 Å². The Morgan fingerprint density at radius 2 is 2.33 bits per heavy atom. The van der Waals surface area contributed by atoms with Crippen molar-refractivity contribution in [3.05, 3.63) is 18.5 Å². The number of hydrogen-bond donors (Lipinski definition) is 0. The summed E-state index contributed by atoms with van der Waals surface area (Å²) in [6.07, 6.45) is 3.07. The van der Waals surface area contributed by atoms with Gasteiger partial charge in [-0.1, -0.05) is 5.16 Å². The van der Waals surface area contributed by atoms with Crippen LogP contribution in [-0.4, -0.2) is 25.0 Å². The van der Waals surface area contributed by atoms with Crippen molar-refractivity contribution in [3.8, 4) is 0 Å². The van der Waals surface area contributed by atoms with Crippen molar-refractivity contribution < 1.29 is 4.52 Å². The van der Waals surface area contributed by atoms with Crippen LogP contribution >= 0.6 is 0 Å². The van der Waals surface area contributed by atoms with Crippen LogP contribution in [0, 0.1) is 0 Å². The predicted octanol–water partition coefficient (Wildman–Crippen LogP) is 0.265. The van der Waals surface area contributed by atoms with Crippen LogP contribution in [0.3, 0.4) is 0 Å². The molecule has 0 amide bonds. The van der Waals surface area contributed by atoms with E-state index in [9.17, 15) is 0 Å². The zero-order chi connectivity index (χ0) is 7.97. The molecule has 0 N–H and O–H groups in total. The summed E-state index contributed by atoms with van der Waals surface area (Å²) in [6, 6.07) is 1.75. The summed E-state index contributed by atoms with van der Waals surface area (Å²) in [4.78, 5) is 0. The first-order chi connectivity index (χ1) is 5.95. The molecule has 3 aromatic rings. The summed E-state index contributed by atoms with van der Waals surface area (Å²) in [5, 5.41) is 15.5. The Hall–Kier alpha value is -1.98. The fraction of sp³-hybridized carbons (Fsp3) is 0. The zero-order valence-corrected chi connectivity index (χ0v) is 5.88. The van der Waals surface area contributed by atoms with Gasteiger partial charge in [0.25, 0.3) is 0 Å². The van der Waals surface area contributed by atoms with E-state index in [1.165, 1.54) is 6.26 Å². The number of nitrogens with zero attached hydrogens (tertiary/aromatic N) is 5. The minimum Gasteiger partial charge on any atom is -0.360 e. The molecule has 0 radical (unpaired) electrons. The number of rotatable bonds is 0. The molecule has 0 unspecified atom stereocenters. The first kappa shape index (κ1) is 5.64. The number of fused-ring (bicyclic) bond motifs is 3. The zero-order valence-electron chi connectivity index (χ0n) is 5.88. The molecule has 0 fully saturated rings. The Labute approximate surface area is 65.8 Å². The van der Waals surface area contributed by atoms with Crippen LogP contribution in [0.15, 0.2) is 23.0 Å². The first-order valence-corrected chi connectivity index (χ1v) is 3.36. The molecule has 3 aromatic heterocycles. The number of hydrogen-bond acceptors (Lipinski definition) is 5. The van der Waals surface area contributed by atoms with Crippen molar-refractivity contribution in [1.82, 2.24) is 25.0 Å². The van der Waals surface area contributed by atoms with Crippen LogP contribution in [0.1, 0.15) is 0 Å². The molecule has 0 aliphatic rings. The normalized spacial score (nSPS) is 11.3. The average molecular weight is 161 g/mol. The lowest BCUT2D eigenvalue weighted by atomic mass is 10.6. The Morgan fingerprint density at radius 3 is 3.33 bits per heavy atom. The summed E-state index contributed by atoms with van der Waals surface area (Å²) in [6.45, 7) is 0. The van der Waals surface area contributed by atoms with Gasteiger partial charge in [0.1, 0.15) is 0 Å². The molecule has 0 saturated carbocycles. The maximum atomic E-state index is 4.73. The molecule has 58 valence electrons. The van der Waals surface area contributed by atoms with Gasteiger partial charge in [-0.3, -0.25) is 0 Å². The highest BCUT2D eigenvalue weighted by molar-refractivity contribution is 5.69. The van der Waals surface area contributed by atoms with Crippen LogP contribution in [0.4, 0.5) is 0 Å². The molecule has 0 atom stereocenters. The largest absolute Gasteiger partial charge is 0.360 e. The standard InChI is InChI=1S/C6H3N5O/c1-2-7-11-5(1)9-8-4-3-12-10-6(4)11/h1-3H. The molecule has 0 aromatic carbocycles. The molecule has 3 rings (SSSR count). The molecular weight excluding hydrogens is 158 g/mol. The van der Waals surface area contributed by atoms with E-state index in [1.807, 2.05) is 0 Å². The highest BCUT2D eigenvalue weighted by atomic mass is 16.5. The highest BCUT2D eigenvalue weighted by Gasteiger charge is 2.05. The van der Waals surface area contributed by atoms with Crippen LogP contribution in [0.2, 0.25) is 0 Å². The second-order valence-electron chi connectivity index (χ2n) is 2.32. The SMILES string of the molecule is c1cc2nnc3conc3n2n1. The van der Waals surface area contributed by atoms with Crippen molar-refractivity contribution in [1.29, 1.82) is 0 Å². The maximum Gasteiger partial charge on any atom is 0.226 e. The van der Waals surface area contributed by atoms with Crippen molar-refractivity contribution in [2.24, 2.45) is 0 Å². The van der Waals surface area contributed by atoms with Crippen molar-refractivity contribution in [2.75, 3.05) is 0 Å². The molecule has 6 heteroatoms. The van der Waals surface area contributed by atoms with Gasteiger partial charge in [-0.05, 0) is 0 Å². The van der Waals surface area contributed by atoms with E-state index in [0.29, 0.717) is 16.8 Å². The summed E-state index contributed by atoms with van der Waals surface area (Å²) in [5.74, 6) is 0. The second kappa shape index (κ2) is 1.79. The Bertz CT molecular complexity index is 489. The van der Waals surface area contributed by atoms with Gasteiger partial charge in [0, 0.05) is 6.07 Å². The molecule has 0 aliphatic heterocycles. The quantitative estimate of drug-likeness (QED) is 0.473. The van der Waals surface area contributed by atoms with Gasteiger partial charge >= 0.3 is 0 Å². The van der Waals surface area contributed by atoms with Crippen LogP contribution in [-0.2, 0) is 0 Å². The average Bonchev–Trinajstić information content (AvgIpc) is 2.71. The molecular formula is C6H3N5O. The molecule has 0 aliphatic carbocycles. The first-order valence-electron chi connectivity index (χ1n) is 3.36. The fourth-order valence-electron chi connectivity index (χ4n) is 1.08. The smallest absolute Gasteiger partial charge is 0.226 e. The van der Waals surface area contributed by atoms with Gasteiger partial charge in [-0.25, -0.2) is 0 Å². The minimum absolute atomic E-state index is 0.588. The van der Waals surface area contributed by atoms with E-state index >= 15 is 0 Å². The lowest BCUT2D eigenvalue weighted by molar-refractivity contribution is 0.425. The summed E-state index contributed by atoms with van der Waals surface area (Å²) >= 11 is 0. The Balaban J connectivity index is 2.71. The van der Waals surface area contributed by atoms with Gasteiger partial charge < -0.3 is 4.52 Å². The molecule has 6 nitrogen and oxygen atoms in total. The summed E-state index contributed by atoms with van der Waals surface area (Å²) in [5.41, 5.74) is 1.85. The van der Waals surface area contributed by atoms with Gasteiger partial charge in [-0.15, -0.1) is 10.2 Å². The number of aromatic nitrogens is 5. The fourth-order valence-corrected chi connectivity index (χ4v) is 1.08. The lowest BCUT2D eigenvalue weighted by Gasteiger charge is -1.88. The Morgan fingerprint density at radius 1 is 1.33 bits per heavy atom. The van der Waals surface area contributed by atoms with Gasteiger partial charge in [0.15, 0.2) is 17.4 Å². The van der Waals surface area contributed by atoms with Crippen molar-refractivity contribution >= 4 is 16.8 Å².